The molecule has 2 fully saturated rings. The molecule has 4 nitrogen and oxygen atoms in total. The SMILES string of the molecule is CC(C)CC(N)c1cncn1C1CCOC1C1CC1. The molecule has 2 N–H and O–H groups in total. The molecule has 0 radical (unpaired) electrons. The van der Waals surface area contributed by atoms with Crippen molar-refractivity contribution >= 4 is 0 Å². The molecule has 1 aliphatic heterocycles. The van der Waals surface area contributed by atoms with Crippen LogP contribution in [-0.2, 0) is 4.74 Å². The predicted octanol–water partition coefficient (Wildman–Crippen LogP) is 2.67. The fraction of sp³-hybridized carbons (Fsp3) is 0.800. The van der Waals surface area contributed by atoms with E-state index in [1.807, 2.05) is 12.5 Å². The van der Waals surface area contributed by atoms with Crippen molar-refractivity contribution in [2.24, 2.45) is 17.6 Å². The fourth-order valence-corrected chi connectivity index (χ4v) is 3.28. The van der Waals surface area contributed by atoms with Gasteiger partial charge >= 0.3 is 0 Å². The molecule has 1 saturated carbocycles. The van der Waals surface area contributed by atoms with E-state index in [1.165, 1.54) is 18.5 Å². The molecule has 3 rings (SSSR count). The van der Waals surface area contributed by atoms with Gasteiger partial charge in [-0.05, 0) is 37.5 Å². The zero-order chi connectivity index (χ0) is 13.4. The second kappa shape index (κ2) is 5.25. The maximum atomic E-state index is 6.34. The van der Waals surface area contributed by atoms with Gasteiger partial charge in [0.05, 0.1) is 24.2 Å². The summed E-state index contributed by atoms with van der Waals surface area (Å²) in [6.07, 6.45) is 9.03. The number of hydrogen-bond acceptors (Lipinski definition) is 3. The van der Waals surface area contributed by atoms with Gasteiger partial charge in [0.25, 0.3) is 0 Å². The van der Waals surface area contributed by atoms with Gasteiger partial charge in [-0.1, -0.05) is 13.8 Å². The maximum absolute atomic E-state index is 6.34. The average molecular weight is 263 g/mol. The number of nitrogens with two attached hydrogens (primary N) is 1. The molecule has 0 bridgehead atoms. The molecular weight excluding hydrogens is 238 g/mol. The minimum atomic E-state index is 0.0861. The van der Waals surface area contributed by atoms with Crippen LogP contribution in [-0.4, -0.2) is 22.3 Å². The van der Waals surface area contributed by atoms with Crippen LogP contribution in [0.4, 0.5) is 0 Å². The van der Waals surface area contributed by atoms with Gasteiger partial charge in [-0.2, -0.15) is 0 Å². The van der Waals surface area contributed by atoms with Crippen LogP contribution in [0.15, 0.2) is 12.5 Å². The predicted molar refractivity (Wildman–Crippen MR) is 74.7 cm³/mol. The minimum Gasteiger partial charge on any atom is -0.376 e. The number of ether oxygens (including phenoxy) is 1. The molecule has 0 amide bonds. The van der Waals surface area contributed by atoms with Crippen molar-refractivity contribution in [1.82, 2.24) is 9.55 Å². The van der Waals surface area contributed by atoms with Crippen LogP contribution in [0.1, 0.15) is 57.3 Å². The summed E-state index contributed by atoms with van der Waals surface area (Å²) in [6.45, 7) is 5.31. The third-order valence-corrected chi connectivity index (χ3v) is 4.35. The van der Waals surface area contributed by atoms with Crippen molar-refractivity contribution in [3.05, 3.63) is 18.2 Å². The molecular formula is C15H25N3O. The van der Waals surface area contributed by atoms with Crippen LogP contribution in [0.2, 0.25) is 0 Å². The first-order valence-corrected chi connectivity index (χ1v) is 7.55. The molecule has 1 aliphatic carbocycles. The van der Waals surface area contributed by atoms with E-state index in [-0.39, 0.29) is 6.04 Å². The zero-order valence-electron chi connectivity index (χ0n) is 12.0. The number of aromatic nitrogens is 2. The van der Waals surface area contributed by atoms with E-state index in [2.05, 4.69) is 23.4 Å². The highest BCUT2D eigenvalue weighted by Gasteiger charge is 2.42. The lowest BCUT2D eigenvalue weighted by Gasteiger charge is -2.24. The normalized spacial score (nSPS) is 29.1. The molecule has 19 heavy (non-hydrogen) atoms. The van der Waals surface area contributed by atoms with Crippen LogP contribution in [0.25, 0.3) is 0 Å². The van der Waals surface area contributed by atoms with Crippen molar-refractivity contribution in [2.75, 3.05) is 6.61 Å². The molecule has 1 saturated heterocycles. The molecule has 106 valence electrons. The first-order valence-electron chi connectivity index (χ1n) is 7.55. The van der Waals surface area contributed by atoms with E-state index >= 15 is 0 Å². The summed E-state index contributed by atoms with van der Waals surface area (Å²) in [4.78, 5) is 4.34. The minimum absolute atomic E-state index is 0.0861. The third-order valence-electron chi connectivity index (χ3n) is 4.35. The van der Waals surface area contributed by atoms with Crippen molar-refractivity contribution < 1.29 is 4.74 Å². The molecule has 3 atom stereocenters. The summed E-state index contributed by atoms with van der Waals surface area (Å²) >= 11 is 0. The molecule has 1 aromatic heterocycles. The van der Waals surface area contributed by atoms with Crippen molar-refractivity contribution in [3.63, 3.8) is 0 Å². The monoisotopic (exact) mass is 263 g/mol. The Bertz CT molecular complexity index is 425. The average Bonchev–Trinajstić information content (AvgIpc) is 2.92. The van der Waals surface area contributed by atoms with Crippen LogP contribution >= 0.6 is 0 Å². The van der Waals surface area contributed by atoms with Crippen molar-refractivity contribution in [2.45, 2.75) is 57.7 Å². The van der Waals surface area contributed by atoms with E-state index in [9.17, 15) is 0 Å². The Labute approximate surface area is 115 Å². The summed E-state index contributed by atoms with van der Waals surface area (Å²) in [5.74, 6) is 1.38. The number of imidazole rings is 1. The van der Waals surface area contributed by atoms with Crippen LogP contribution in [0, 0.1) is 11.8 Å². The van der Waals surface area contributed by atoms with Gasteiger partial charge in [-0.25, -0.2) is 4.98 Å². The van der Waals surface area contributed by atoms with Gasteiger partial charge in [0, 0.05) is 18.8 Å². The highest BCUT2D eigenvalue weighted by Crippen LogP contribution is 2.44. The Balaban J connectivity index is 1.78. The smallest absolute Gasteiger partial charge is 0.0952 e. The number of hydrogen-bond donors (Lipinski definition) is 1. The number of rotatable bonds is 5. The molecule has 4 heteroatoms. The topological polar surface area (TPSA) is 53.1 Å². The van der Waals surface area contributed by atoms with Crippen LogP contribution in [0.5, 0.6) is 0 Å². The van der Waals surface area contributed by atoms with E-state index in [4.69, 9.17) is 10.5 Å². The first-order chi connectivity index (χ1) is 9.16. The van der Waals surface area contributed by atoms with E-state index in [0.717, 1.165) is 25.4 Å². The summed E-state index contributed by atoms with van der Waals surface area (Å²) in [7, 11) is 0. The Kier molecular flexibility index (Phi) is 3.63. The third kappa shape index (κ3) is 2.70. The molecule has 1 aromatic rings. The Morgan fingerprint density at radius 2 is 2.21 bits per heavy atom. The second-order valence-corrected chi connectivity index (χ2v) is 6.49. The highest BCUT2D eigenvalue weighted by atomic mass is 16.5. The lowest BCUT2D eigenvalue weighted by atomic mass is 10.0. The summed E-state index contributed by atoms with van der Waals surface area (Å²) in [6, 6.07) is 0.533. The van der Waals surface area contributed by atoms with Crippen LogP contribution in [0.3, 0.4) is 0 Å². The first kappa shape index (κ1) is 13.1. The Morgan fingerprint density at radius 3 is 2.89 bits per heavy atom. The summed E-state index contributed by atoms with van der Waals surface area (Å²) in [5.41, 5.74) is 7.52. The lowest BCUT2D eigenvalue weighted by molar-refractivity contribution is 0.0743. The standard InChI is InChI=1S/C15H25N3O/c1-10(2)7-12(16)14-8-17-9-18(14)13-5-6-19-15(13)11-3-4-11/h8-13,15H,3-7,16H2,1-2H3. The van der Waals surface area contributed by atoms with Gasteiger partial charge in [0.2, 0.25) is 0 Å². The molecule has 0 aromatic carbocycles. The summed E-state index contributed by atoms with van der Waals surface area (Å²) < 4.78 is 8.23. The van der Waals surface area contributed by atoms with E-state index in [0.29, 0.717) is 18.1 Å². The van der Waals surface area contributed by atoms with Gasteiger partial charge in [-0.3, -0.25) is 0 Å². The van der Waals surface area contributed by atoms with Gasteiger partial charge in [0.15, 0.2) is 0 Å². The van der Waals surface area contributed by atoms with Gasteiger partial charge in [-0.15, -0.1) is 0 Å². The van der Waals surface area contributed by atoms with Gasteiger partial charge < -0.3 is 15.0 Å². The quantitative estimate of drug-likeness (QED) is 0.888. The fourth-order valence-electron chi connectivity index (χ4n) is 3.28. The second-order valence-electron chi connectivity index (χ2n) is 6.49. The van der Waals surface area contributed by atoms with Gasteiger partial charge in [0.1, 0.15) is 0 Å². The number of nitrogens with zero attached hydrogens (tertiary/aromatic N) is 2. The largest absolute Gasteiger partial charge is 0.376 e. The zero-order valence-corrected chi connectivity index (χ0v) is 12.0. The molecule has 2 heterocycles. The Morgan fingerprint density at radius 1 is 1.42 bits per heavy atom. The van der Waals surface area contributed by atoms with E-state index < -0.39 is 0 Å². The lowest BCUT2D eigenvalue weighted by Crippen LogP contribution is -2.26. The van der Waals surface area contributed by atoms with Crippen molar-refractivity contribution in [3.8, 4) is 0 Å². The van der Waals surface area contributed by atoms with E-state index in [1.54, 1.807) is 0 Å². The molecule has 3 unspecified atom stereocenters. The van der Waals surface area contributed by atoms with Crippen LogP contribution < -0.4 is 5.73 Å². The molecule has 2 aliphatic rings. The molecule has 0 spiro atoms. The maximum Gasteiger partial charge on any atom is 0.0952 e. The highest BCUT2D eigenvalue weighted by molar-refractivity contribution is 5.09. The Hall–Kier alpha value is -0.870. The summed E-state index contributed by atoms with van der Waals surface area (Å²) in [5, 5.41) is 0. The van der Waals surface area contributed by atoms with Crippen molar-refractivity contribution in [1.29, 1.82) is 0 Å².